The highest BCUT2D eigenvalue weighted by atomic mass is 16.5. The molecule has 0 spiro atoms. The van der Waals surface area contributed by atoms with Crippen LogP contribution in [0.4, 0.5) is 5.69 Å². The molecule has 7 heteroatoms. The van der Waals surface area contributed by atoms with Gasteiger partial charge in [-0.3, -0.25) is 9.59 Å². The molecule has 7 nitrogen and oxygen atoms in total. The van der Waals surface area contributed by atoms with Crippen LogP contribution in [0.25, 0.3) is 5.65 Å². The lowest BCUT2D eigenvalue weighted by Gasteiger charge is -2.20. The normalized spacial score (nSPS) is 10.9. The molecule has 0 fully saturated rings. The van der Waals surface area contributed by atoms with Gasteiger partial charge in [-0.2, -0.15) is 5.10 Å². The number of carbonyl (C=O) groups is 2. The van der Waals surface area contributed by atoms with Crippen molar-refractivity contribution in [2.75, 3.05) is 18.1 Å². The van der Waals surface area contributed by atoms with Crippen LogP contribution in [0, 0.1) is 20.8 Å². The molecule has 0 saturated heterocycles. The minimum absolute atomic E-state index is 0.180. The minimum Gasteiger partial charge on any atom is -0.456 e. The number of hydrogen-bond donors (Lipinski definition) is 0. The molecular weight excluding hydrogens is 368 g/mol. The maximum absolute atomic E-state index is 12.4. The highest BCUT2D eigenvalue weighted by Crippen LogP contribution is 2.17. The van der Waals surface area contributed by atoms with Crippen molar-refractivity contribution in [2.24, 2.45) is 0 Å². The molecule has 0 radical (unpaired) electrons. The maximum atomic E-state index is 12.4. The predicted octanol–water partition coefficient (Wildman–Crippen LogP) is 3.18. The Morgan fingerprint density at radius 3 is 2.55 bits per heavy atom. The van der Waals surface area contributed by atoms with Gasteiger partial charge in [0.15, 0.2) is 12.3 Å². The second kappa shape index (κ2) is 8.86. The van der Waals surface area contributed by atoms with E-state index in [1.807, 2.05) is 64.1 Å². The van der Waals surface area contributed by atoms with E-state index in [1.54, 1.807) is 9.42 Å². The Morgan fingerprint density at radius 2 is 1.86 bits per heavy atom. The number of benzene rings is 1. The second-order valence-electron chi connectivity index (χ2n) is 6.95. The second-order valence-corrected chi connectivity index (χ2v) is 6.95. The minimum atomic E-state index is -0.405. The highest BCUT2D eigenvalue weighted by molar-refractivity contribution is 5.95. The van der Waals surface area contributed by atoms with Gasteiger partial charge in [0.25, 0.3) is 5.91 Å². The van der Waals surface area contributed by atoms with Gasteiger partial charge in [-0.05, 0) is 51.8 Å². The van der Waals surface area contributed by atoms with Gasteiger partial charge >= 0.3 is 5.97 Å². The van der Waals surface area contributed by atoms with E-state index < -0.39 is 5.97 Å². The largest absolute Gasteiger partial charge is 0.456 e. The smallest absolute Gasteiger partial charge is 0.306 e. The van der Waals surface area contributed by atoms with E-state index >= 15 is 0 Å². The number of anilines is 1. The summed E-state index contributed by atoms with van der Waals surface area (Å²) in [5.74, 6) is -0.646. The van der Waals surface area contributed by atoms with E-state index in [0.29, 0.717) is 13.0 Å². The van der Waals surface area contributed by atoms with Gasteiger partial charge in [0.2, 0.25) is 0 Å². The number of carbonyl (C=O) groups excluding carboxylic acids is 2. The van der Waals surface area contributed by atoms with E-state index in [-0.39, 0.29) is 18.9 Å². The Labute approximate surface area is 170 Å². The molecule has 29 heavy (non-hydrogen) atoms. The van der Waals surface area contributed by atoms with Gasteiger partial charge < -0.3 is 9.64 Å². The van der Waals surface area contributed by atoms with Gasteiger partial charge in [0, 0.05) is 36.1 Å². The number of nitrogens with zero attached hydrogens (tertiary/aromatic N) is 4. The Balaban J connectivity index is 1.59. The molecule has 0 unspecified atom stereocenters. The zero-order valence-corrected chi connectivity index (χ0v) is 17.3. The van der Waals surface area contributed by atoms with E-state index in [1.165, 1.54) is 0 Å². The zero-order valence-electron chi connectivity index (χ0n) is 17.3. The zero-order chi connectivity index (χ0) is 21.0. The maximum Gasteiger partial charge on any atom is 0.306 e. The van der Waals surface area contributed by atoms with Gasteiger partial charge in [-0.25, -0.2) is 9.50 Å². The highest BCUT2D eigenvalue weighted by Gasteiger charge is 2.17. The third-order valence-corrected chi connectivity index (χ3v) is 4.91. The molecule has 3 aromatic rings. The summed E-state index contributed by atoms with van der Waals surface area (Å²) in [6, 6.07) is 11.3. The van der Waals surface area contributed by atoms with Gasteiger partial charge in [0.05, 0.1) is 5.69 Å². The lowest BCUT2D eigenvalue weighted by atomic mass is 10.1. The number of aromatic nitrogens is 3. The first-order valence-corrected chi connectivity index (χ1v) is 9.74. The summed E-state index contributed by atoms with van der Waals surface area (Å²) in [5.41, 5.74) is 5.30. The molecule has 0 bridgehead atoms. The topological polar surface area (TPSA) is 76.8 Å². The summed E-state index contributed by atoms with van der Waals surface area (Å²) in [5, 5.41) is 4.45. The first-order chi connectivity index (χ1) is 13.9. The number of rotatable bonds is 7. The van der Waals surface area contributed by atoms with Crippen molar-refractivity contribution < 1.29 is 14.3 Å². The van der Waals surface area contributed by atoms with Gasteiger partial charge in [0.1, 0.15) is 0 Å². The Hall–Kier alpha value is -3.22. The summed E-state index contributed by atoms with van der Waals surface area (Å²) < 4.78 is 7.03. The summed E-state index contributed by atoms with van der Waals surface area (Å²) in [6.07, 6.45) is 0.669. The van der Waals surface area contributed by atoms with Crippen LogP contribution in [-0.2, 0) is 20.7 Å². The molecule has 3 rings (SSSR count). The van der Waals surface area contributed by atoms with Crippen molar-refractivity contribution in [3.05, 3.63) is 59.0 Å². The van der Waals surface area contributed by atoms with E-state index in [9.17, 15) is 9.59 Å². The Morgan fingerprint density at radius 1 is 1.14 bits per heavy atom. The number of amides is 1. The molecule has 152 valence electrons. The molecule has 0 aliphatic heterocycles. The van der Waals surface area contributed by atoms with Gasteiger partial charge in [-0.15, -0.1) is 0 Å². The lowest BCUT2D eigenvalue weighted by molar-refractivity contribution is -0.147. The molecule has 0 atom stereocenters. The number of likely N-dealkylation sites (N-methyl/N-ethyl adjacent to an activating group) is 1. The molecule has 2 aromatic heterocycles. The summed E-state index contributed by atoms with van der Waals surface area (Å²) in [6.45, 7) is 7.95. The van der Waals surface area contributed by atoms with Crippen LogP contribution in [0.5, 0.6) is 0 Å². The van der Waals surface area contributed by atoms with Crippen LogP contribution in [0.1, 0.15) is 36.0 Å². The SMILES string of the molecule is CCN(C(=O)COC(=O)CCc1c(C)nc2cc(C)nn2c1C)c1ccccc1. The summed E-state index contributed by atoms with van der Waals surface area (Å²) in [4.78, 5) is 30.8. The van der Waals surface area contributed by atoms with Crippen molar-refractivity contribution in [1.29, 1.82) is 0 Å². The standard InChI is InChI=1S/C22H26N4O3/c1-5-25(18-9-7-6-8-10-18)21(27)14-29-22(28)12-11-19-16(3)23-20-13-15(2)24-26(20)17(19)4/h6-10,13H,5,11-12,14H2,1-4H3. The fourth-order valence-electron chi connectivity index (χ4n) is 3.43. The Kier molecular flexibility index (Phi) is 6.26. The third-order valence-electron chi connectivity index (χ3n) is 4.91. The van der Waals surface area contributed by atoms with Crippen molar-refractivity contribution in [2.45, 2.75) is 40.5 Å². The molecule has 2 heterocycles. The van der Waals surface area contributed by atoms with Crippen molar-refractivity contribution in [3.63, 3.8) is 0 Å². The lowest BCUT2D eigenvalue weighted by Crippen LogP contribution is -2.34. The fraction of sp³-hybridized carbons (Fsp3) is 0.364. The number of para-hydroxylation sites is 1. The number of aryl methyl sites for hydroxylation is 3. The van der Waals surface area contributed by atoms with Crippen LogP contribution in [0.3, 0.4) is 0 Å². The van der Waals surface area contributed by atoms with Crippen LogP contribution in [0.2, 0.25) is 0 Å². The van der Waals surface area contributed by atoms with Crippen molar-refractivity contribution in [3.8, 4) is 0 Å². The molecule has 0 aliphatic rings. The van der Waals surface area contributed by atoms with Crippen molar-refractivity contribution in [1.82, 2.24) is 14.6 Å². The van der Waals surface area contributed by atoms with Gasteiger partial charge in [-0.1, -0.05) is 18.2 Å². The molecule has 1 amide bonds. The van der Waals surface area contributed by atoms with Crippen LogP contribution in [0.15, 0.2) is 36.4 Å². The first kappa shape index (κ1) is 20.5. The van der Waals surface area contributed by atoms with Crippen LogP contribution in [-0.4, -0.2) is 39.6 Å². The molecule has 0 aliphatic carbocycles. The number of fused-ring (bicyclic) bond motifs is 1. The first-order valence-electron chi connectivity index (χ1n) is 9.74. The molecule has 0 N–H and O–H groups in total. The van der Waals surface area contributed by atoms with E-state index in [4.69, 9.17) is 4.74 Å². The third kappa shape index (κ3) is 4.62. The number of ether oxygens (including phenoxy) is 1. The summed E-state index contributed by atoms with van der Waals surface area (Å²) in [7, 11) is 0. The molecular formula is C22H26N4O3. The van der Waals surface area contributed by atoms with Crippen LogP contribution >= 0.6 is 0 Å². The fourth-order valence-corrected chi connectivity index (χ4v) is 3.43. The number of esters is 1. The quantitative estimate of drug-likeness (QED) is 0.575. The Bertz CT molecular complexity index is 1030. The van der Waals surface area contributed by atoms with E-state index in [2.05, 4.69) is 10.1 Å². The summed E-state index contributed by atoms with van der Waals surface area (Å²) >= 11 is 0. The number of hydrogen-bond acceptors (Lipinski definition) is 5. The van der Waals surface area contributed by atoms with Crippen molar-refractivity contribution >= 4 is 23.2 Å². The average molecular weight is 394 g/mol. The average Bonchev–Trinajstić information content (AvgIpc) is 3.08. The van der Waals surface area contributed by atoms with Crippen LogP contribution < -0.4 is 4.90 Å². The predicted molar refractivity (Wildman–Crippen MR) is 111 cm³/mol. The molecule has 1 aromatic carbocycles. The molecule has 0 saturated carbocycles. The monoisotopic (exact) mass is 394 g/mol. The van der Waals surface area contributed by atoms with E-state index in [0.717, 1.165) is 34.0 Å².